The van der Waals surface area contributed by atoms with Gasteiger partial charge in [-0.3, -0.25) is 0 Å². The van der Waals surface area contributed by atoms with Crippen LogP contribution in [0.4, 0.5) is 4.39 Å². The zero-order valence-corrected chi connectivity index (χ0v) is 15.1. The Morgan fingerprint density at radius 3 is 2.29 bits per heavy atom. The van der Waals surface area contributed by atoms with Crippen LogP contribution in [-0.4, -0.2) is 8.42 Å². The second-order valence-electron chi connectivity index (χ2n) is 6.00. The van der Waals surface area contributed by atoms with Gasteiger partial charge in [0.2, 0.25) is 0 Å². The molecule has 0 aliphatic carbocycles. The van der Waals surface area contributed by atoms with Gasteiger partial charge in [0.15, 0.2) is 0 Å². The van der Waals surface area contributed by atoms with Crippen molar-refractivity contribution in [2.24, 2.45) is 0 Å². The predicted molar refractivity (Wildman–Crippen MR) is 102 cm³/mol. The largest absolute Gasteiger partial charge is 0.422 e. The standard InChI is InChI=1S/C21H13FO5S/c22-16-7-10-18(11-8-16)28(24,25)27-17-9-6-15-12-19(14-4-2-1-3-5-14)21(23)26-20(15)13-17/h1-13H. The highest BCUT2D eigenvalue weighted by Gasteiger charge is 2.17. The molecule has 0 aliphatic heterocycles. The first-order valence-corrected chi connectivity index (χ1v) is 9.67. The SMILES string of the molecule is O=c1oc2cc(OS(=O)(=O)c3ccc(F)cc3)ccc2cc1-c1ccccc1. The smallest absolute Gasteiger partial charge is 0.344 e. The first-order chi connectivity index (χ1) is 13.4. The van der Waals surface area contributed by atoms with Crippen molar-refractivity contribution >= 4 is 21.1 Å². The van der Waals surface area contributed by atoms with Crippen LogP contribution in [-0.2, 0) is 10.1 Å². The van der Waals surface area contributed by atoms with Crippen LogP contribution < -0.4 is 9.81 Å². The van der Waals surface area contributed by atoms with Crippen molar-refractivity contribution in [2.45, 2.75) is 4.90 Å². The van der Waals surface area contributed by atoms with Gasteiger partial charge >= 0.3 is 15.7 Å². The second-order valence-corrected chi connectivity index (χ2v) is 7.55. The predicted octanol–water partition coefficient (Wildman–Crippen LogP) is 4.37. The molecule has 0 aliphatic rings. The van der Waals surface area contributed by atoms with Crippen molar-refractivity contribution in [1.29, 1.82) is 0 Å². The van der Waals surface area contributed by atoms with E-state index in [9.17, 15) is 17.6 Å². The van der Waals surface area contributed by atoms with Gasteiger partial charge in [-0.05, 0) is 48.0 Å². The van der Waals surface area contributed by atoms with Gasteiger partial charge in [0.05, 0.1) is 5.56 Å². The third-order valence-corrected chi connectivity index (χ3v) is 5.36. The summed E-state index contributed by atoms with van der Waals surface area (Å²) in [4.78, 5) is 12.1. The molecule has 28 heavy (non-hydrogen) atoms. The van der Waals surface area contributed by atoms with Crippen LogP contribution in [0.1, 0.15) is 0 Å². The number of halogens is 1. The quantitative estimate of drug-likeness (QED) is 0.378. The van der Waals surface area contributed by atoms with Gasteiger partial charge in [0.25, 0.3) is 0 Å². The minimum absolute atomic E-state index is 0.0209. The molecule has 0 saturated heterocycles. The highest BCUT2D eigenvalue weighted by atomic mass is 32.2. The Hall–Kier alpha value is -3.45. The van der Waals surface area contributed by atoms with E-state index in [2.05, 4.69) is 0 Å². The Morgan fingerprint density at radius 1 is 0.857 bits per heavy atom. The zero-order chi connectivity index (χ0) is 19.7. The van der Waals surface area contributed by atoms with Crippen LogP contribution in [0.5, 0.6) is 5.75 Å². The Morgan fingerprint density at radius 2 is 1.57 bits per heavy atom. The van der Waals surface area contributed by atoms with E-state index < -0.39 is 21.6 Å². The van der Waals surface area contributed by atoms with Gasteiger partial charge in [-0.1, -0.05) is 30.3 Å². The zero-order valence-electron chi connectivity index (χ0n) is 14.3. The van der Waals surface area contributed by atoms with Crippen molar-refractivity contribution < 1.29 is 21.4 Å². The van der Waals surface area contributed by atoms with E-state index in [-0.39, 0.29) is 16.2 Å². The summed E-state index contributed by atoms with van der Waals surface area (Å²) in [5, 5.41) is 0.616. The van der Waals surface area contributed by atoms with Crippen LogP contribution in [0.2, 0.25) is 0 Å². The number of benzene rings is 3. The van der Waals surface area contributed by atoms with Crippen molar-refractivity contribution in [2.75, 3.05) is 0 Å². The molecule has 0 bridgehead atoms. The number of fused-ring (bicyclic) bond motifs is 1. The first-order valence-electron chi connectivity index (χ1n) is 8.26. The van der Waals surface area contributed by atoms with E-state index in [0.717, 1.165) is 29.8 Å². The van der Waals surface area contributed by atoms with E-state index >= 15 is 0 Å². The van der Waals surface area contributed by atoms with E-state index in [4.69, 9.17) is 8.60 Å². The number of rotatable bonds is 4. The lowest BCUT2D eigenvalue weighted by Crippen LogP contribution is -2.10. The van der Waals surface area contributed by atoms with Gasteiger partial charge in [-0.15, -0.1) is 0 Å². The maximum absolute atomic E-state index is 13.0. The fraction of sp³-hybridized carbons (Fsp3) is 0. The summed E-state index contributed by atoms with van der Waals surface area (Å²) in [7, 11) is -4.15. The van der Waals surface area contributed by atoms with Gasteiger partial charge < -0.3 is 8.60 Å². The molecule has 1 aromatic heterocycles. The molecule has 1 heterocycles. The van der Waals surface area contributed by atoms with E-state index in [1.165, 1.54) is 12.1 Å². The minimum Gasteiger partial charge on any atom is -0.422 e. The molecule has 5 nitrogen and oxygen atoms in total. The average molecular weight is 396 g/mol. The topological polar surface area (TPSA) is 73.6 Å². The highest BCUT2D eigenvalue weighted by molar-refractivity contribution is 7.87. The Kier molecular flexibility index (Phi) is 4.44. The molecule has 0 N–H and O–H groups in total. The van der Waals surface area contributed by atoms with Crippen LogP contribution in [0.25, 0.3) is 22.1 Å². The van der Waals surface area contributed by atoms with Crippen LogP contribution in [0.3, 0.4) is 0 Å². The molecule has 0 spiro atoms. The molecular weight excluding hydrogens is 383 g/mol. The highest BCUT2D eigenvalue weighted by Crippen LogP contribution is 2.26. The maximum atomic E-state index is 13.0. The van der Waals surface area contributed by atoms with Crippen molar-refractivity contribution in [3.63, 3.8) is 0 Å². The Labute approximate surface area is 159 Å². The van der Waals surface area contributed by atoms with E-state index in [0.29, 0.717) is 10.9 Å². The normalized spacial score (nSPS) is 11.5. The lowest BCUT2D eigenvalue weighted by atomic mass is 10.1. The lowest BCUT2D eigenvalue weighted by Gasteiger charge is -2.08. The van der Waals surface area contributed by atoms with Gasteiger partial charge in [-0.25, -0.2) is 9.18 Å². The lowest BCUT2D eigenvalue weighted by molar-refractivity contribution is 0.485. The summed E-state index contributed by atoms with van der Waals surface area (Å²) in [5.74, 6) is -0.576. The maximum Gasteiger partial charge on any atom is 0.344 e. The molecule has 3 aromatic carbocycles. The van der Waals surface area contributed by atoms with Crippen molar-refractivity contribution in [1.82, 2.24) is 0 Å². The molecule has 0 unspecified atom stereocenters. The molecule has 4 rings (SSSR count). The monoisotopic (exact) mass is 396 g/mol. The van der Waals surface area contributed by atoms with E-state index in [1.807, 2.05) is 18.2 Å². The summed E-state index contributed by atoms with van der Waals surface area (Å²) in [6.07, 6.45) is 0. The van der Waals surface area contributed by atoms with Crippen molar-refractivity contribution in [3.05, 3.63) is 95.1 Å². The third-order valence-electron chi connectivity index (χ3n) is 4.10. The summed E-state index contributed by atoms with van der Waals surface area (Å²) in [5.41, 5.74) is 0.770. The fourth-order valence-electron chi connectivity index (χ4n) is 2.74. The fourth-order valence-corrected chi connectivity index (χ4v) is 3.66. The van der Waals surface area contributed by atoms with Crippen LogP contribution in [0, 0.1) is 5.82 Å². The average Bonchev–Trinajstić information content (AvgIpc) is 2.68. The van der Waals surface area contributed by atoms with Gasteiger partial charge in [-0.2, -0.15) is 8.42 Å². The van der Waals surface area contributed by atoms with Crippen LogP contribution in [0.15, 0.2) is 93.0 Å². The molecule has 0 amide bonds. The summed E-state index contributed by atoms with van der Waals surface area (Å²) in [6, 6.07) is 19.4. The second kappa shape index (κ2) is 6.94. The molecule has 0 saturated carbocycles. The molecule has 0 fully saturated rings. The molecule has 0 radical (unpaired) electrons. The van der Waals surface area contributed by atoms with Crippen molar-refractivity contribution in [3.8, 4) is 16.9 Å². The Balaban J connectivity index is 1.70. The first kappa shape index (κ1) is 17.9. The minimum atomic E-state index is -4.15. The summed E-state index contributed by atoms with van der Waals surface area (Å²) in [6.45, 7) is 0. The third kappa shape index (κ3) is 3.52. The molecule has 0 atom stereocenters. The van der Waals surface area contributed by atoms with Gasteiger partial charge in [0.1, 0.15) is 22.0 Å². The molecule has 140 valence electrons. The van der Waals surface area contributed by atoms with Crippen LogP contribution >= 0.6 is 0 Å². The van der Waals surface area contributed by atoms with Gasteiger partial charge in [0, 0.05) is 11.5 Å². The van der Waals surface area contributed by atoms with E-state index in [1.54, 1.807) is 24.3 Å². The number of hydrogen-bond acceptors (Lipinski definition) is 5. The Bertz CT molecular complexity index is 1310. The molecule has 7 heteroatoms. The summed E-state index contributed by atoms with van der Waals surface area (Å²) < 4.78 is 48.0. The number of hydrogen-bond donors (Lipinski definition) is 0. The summed E-state index contributed by atoms with van der Waals surface area (Å²) >= 11 is 0. The molecular formula is C21H13FO5S. The molecule has 4 aromatic rings.